The quantitative estimate of drug-likeness (QED) is 0.774. The molecule has 0 fully saturated rings. The van der Waals surface area contributed by atoms with Crippen LogP contribution in [0, 0.1) is 0 Å². The average Bonchev–Trinajstić information content (AvgIpc) is 2.60. The number of nitrogens with zero attached hydrogens (tertiary/aromatic N) is 1. The SMILES string of the molecule is CNC(OC)c1cn(C)c2ccccc12. The smallest absolute Gasteiger partial charge is 0.135 e. The summed E-state index contributed by atoms with van der Waals surface area (Å²) in [6, 6.07) is 8.33. The predicted octanol–water partition coefficient (Wildman–Crippen LogP) is 2.04. The van der Waals surface area contributed by atoms with Crippen molar-refractivity contribution in [3.63, 3.8) is 0 Å². The Hall–Kier alpha value is -1.32. The molecule has 80 valence electrons. The summed E-state index contributed by atoms with van der Waals surface area (Å²) in [5.41, 5.74) is 2.41. The topological polar surface area (TPSA) is 26.2 Å². The van der Waals surface area contributed by atoms with Gasteiger partial charge in [0.1, 0.15) is 6.23 Å². The molecule has 0 spiro atoms. The zero-order chi connectivity index (χ0) is 10.8. The molecule has 0 bridgehead atoms. The first-order chi connectivity index (χ1) is 7.27. The second-order valence-corrected chi connectivity index (χ2v) is 3.62. The van der Waals surface area contributed by atoms with Crippen molar-refractivity contribution in [1.82, 2.24) is 9.88 Å². The van der Waals surface area contributed by atoms with Gasteiger partial charge in [0.15, 0.2) is 0 Å². The van der Waals surface area contributed by atoms with E-state index < -0.39 is 0 Å². The fraction of sp³-hybridized carbons (Fsp3) is 0.333. The van der Waals surface area contributed by atoms with Crippen LogP contribution in [-0.2, 0) is 11.8 Å². The number of rotatable bonds is 3. The Bertz CT molecular complexity index is 458. The number of benzene rings is 1. The van der Waals surface area contributed by atoms with E-state index in [2.05, 4.69) is 28.2 Å². The lowest BCUT2D eigenvalue weighted by Crippen LogP contribution is -2.17. The molecule has 1 heterocycles. The van der Waals surface area contributed by atoms with Gasteiger partial charge in [-0.15, -0.1) is 0 Å². The molecule has 2 rings (SSSR count). The Kier molecular flexibility index (Phi) is 2.75. The number of aromatic nitrogens is 1. The maximum atomic E-state index is 5.38. The van der Waals surface area contributed by atoms with E-state index in [9.17, 15) is 0 Å². The number of nitrogens with one attached hydrogen (secondary N) is 1. The van der Waals surface area contributed by atoms with E-state index in [-0.39, 0.29) is 6.23 Å². The van der Waals surface area contributed by atoms with Crippen molar-refractivity contribution >= 4 is 10.9 Å². The number of hydrogen-bond acceptors (Lipinski definition) is 2. The van der Waals surface area contributed by atoms with Crippen LogP contribution in [0.25, 0.3) is 10.9 Å². The standard InChI is InChI=1S/C12H16N2O/c1-13-12(15-3)10-8-14(2)11-7-5-4-6-9(10)11/h4-8,12-13H,1-3H3. The largest absolute Gasteiger partial charge is 0.362 e. The van der Waals surface area contributed by atoms with Gasteiger partial charge in [-0.05, 0) is 13.1 Å². The zero-order valence-corrected chi connectivity index (χ0v) is 9.32. The molecule has 0 amide bonds. The van der Waals surface area contributed by atoms with Crippen molar-refractivity contribution in [3.8, 4) is 0 Å². The molecule has 0 aliphatic carbocycles. The van der Waals surface area contributed by atoms with Gasteiger partial charge in [-0.1, -0.05) is 18.2 Å². The van der Waals surface area contributed by atoms with Gasteiger partial charge in [-0.2, -0.15) is 0 Å². The molecule has 0 aliphatic heterocycles. The van der Waals surface area contributed by atoms with E-state index in [4.69, 9.17) is 4.74 Å². The molecule has 1 N–H and O–H groups in total. The molecule has 1 aromatic carbocycles. The second kappa shape index (κ2) is 4.04. The zero-order valence-electron chi connectivity index (χ0n) is 9.32. The van der Waals surface area contributed by atoms with Gasteiger partial charge in [0.2, 0.25) is 0 Å². The first-order valence-electron chi connectivity index (χ1n) is 5.02. The summed E-state index contributed by atoms with van der Waals surface area (Å²) >= 11 is 0. The van der Waals surface area contributed by atoms with Crippen LogP contribution in [0.2, 0.25) is 0 Å². The van der Waals surface area contributed by atoms with E-state index in [0.717, 1.165) is 0 Å². The van der Waals surface area contributed by atoms with Crippen molar-refractivity contribution in [1.29, 1.82) is 0 Å². The van der Waals surface area contributed by atoms with Crippen LogP contribution in [0.4, 0.5) is 0 Å². The third kappa shape index (κ3) is 1.64. The summed E-state index contributed by atoms with van der Waals surface area (Å²) in [7, 11) is 5.66. The molecule has 0 aliphatic rings. The lowest BCUT2D eigenvalue weighted by molar-refractivity contribution is 0.0819. The predicted molar refractivity (Wildman–Crippen MR) is 61.7 cm³/mol. The molecule has 0 radical (unpaired) electrons. The van der Waals surface area contributed by atoms with Crippen molar-refractivity contribution in [2.75, 3.05) is 14.2 Å². The normalized spacial score (nSPS) is 13.3. The number of ether oxygens (including phenoxy) is 1. The summed E-state index contributed by atoms with van der Waals surface area (Å²) in [4.78, 5) is 0. The van der Waals surface area contributed by atoms with Gasteiger partial charge in [-0.25, -0.2) is 0 Å². The first kappa shape index (κ1) is 10.2. The number of fused-ring (bicyclic) bond motifs is 1. The third-order valence-corrected chi connectivity index (χ3v) is 2.71. The number of hydrogen-bond donors (Lipinski definition) is 1. The maximum Gasteiger partial charge on any atom is 0.135 e. The Balaban J connectivity index is 2.61. The molecule has 15 heavy (non-hydrogen) atoms. The van der Waals surface area contributed by atoms with Gasteiger partial charge in [-0.3, -0.25) is 5.32 Å². The molecule has 3 heteroatoms. The number of aryl methyl sites for hydroxylation is 1. The van der Waals surface area contributed by atoms with Crippen LogP contribution < -0.4 is 5.32 Å². The van der Waals surface area contributed by atoms with E-state index in [1.54, 1.807) is 7.11 Å². The molecular formula is C12H16N2O. The van der Waals surface area contributed by atoms with Crippen molar-refractivity contribution < 1.29 is 4.74 Å². The molecule has 3 nitrogen and oxygen atoms in total. The summed E-state index contributed by atoms with van der Waals surface area (Å²) in [6.07, 6.45) is 2.06. The van der Waals surface area contributed by atoms with Gasteiger partial charge < -0.3 is 9.30 Å². The van der Waals surface area contributed by atoms with E-state index in [1.165, 1.54) is 16.5 Å². The fourth-order valence-corrected chi connectivity index (χ4v) is 1.98. The minimum absolute atomic E-state index is 0.0453. The minimum atomic E-state index is -0.0453. The summed E-state index contributed by atoms with van der Waals surface area (Å²) in [6.45, 7) is 0. The van der Waals surface area contributed by atoms with Crippen LogP contribution in [0.1, 0.15) is 11.8 Å². The van der Waals surface area contributed by atoms with Gasteiger partial charge in [0.25, 0.3) is 0 Å². The second-order valence-electron chi connectivity index (χ2n) is 3.62. The van der Waals surface area contributed by atoms with Crippen molar-refractivity contribution in [2.24, 2.45) is 7.05 Å². The monoisotopic (exact) mass is 204 g/mol. The highest BCUT2D eigenvalue weighted by molar-refractivity contribution is 5.84. The number of methoxy groups -OCH3 is 1. The van der Waals surface area contributed by atoms with Crippen LogP contribution >= 0.6 is 0 Å². The molecule has 0 saturated heterocycles. The van der Waals surface area contributed by atoms with Gasteiger partial charge in [0.05, 0.1) is 0 Å². The van der Waals surface area contributed by atoms with Crippen molar-refractivity contribution in [3.05, 3.63) is 36.0 Å². The Morgan fingerprint density at radius 1 is 1.33 bits per heavy atom. The molecule has 1 aromatic heterocycles. The highest BCUT2D eigenvalue weighted by atomic mass is 16.5. The van der Waals surface area contributed by atoms with Crippen LogP contribution in [-0.4, -0.2) is 18.7 Å². The van der Waals surface area contributed by atoms with E-state index >= 15 is 0 Å². The third-order valence-electron chi connectivity index (χ3n) is 2.71. The summed E-state index contributed by atoms with van der Waals surface area (Å²) in [5.74, 6) is 0. The Morgan fingerprint density at radius 3 is 2.73 bits per heavy atom. The molecular weight excluding hydrogens is 188 g/mol. The van der Waals surface area contributed by atoms with Crippen LogP contribution in [0.3, 0.4) is 0 Å². The Labute approximate surface area is 89.7 Å². The van der Waals surface area contributed by atoms with Crippen LogP contribution in [0.5, 0.6) is 0 Å². The van der Waals surface area contributed by atoms with Gasteiger partial charge >= 0.3 is 0 Å². The van der Waals surface area contributed by atoms with Crippen LogP contribution in [0.15, 0.2) is 30.5 Å². The molecule has 1 unspecified atom stereocenters. The maximum absolute atomic E-state index is 5.38. The highest BCUT2D eigenvalue weighted by Crippen LogP contribution is 2.25. The Morgan fingerprint density at radius 2 is 2.07 bits per heavy atom. The van der Waals surface area contributed by atoms with E-state index in [1.807, 2.05) is 26.2 Å². The minimum Gasteiger partial charge on any atom is -0.362 e. The fourth-order valence-electron chi connectivity index (χ4n) is 1.98. The van der Waals surface area contributed by atoms with Gasteiger partial charge in [0, 0.05) is 36.8 Å². The highest BCUT2D eigenvalue weighted by Gasteiger charge is 2.13. The summed E-state index contributed by atoms with van der Waals surface area (Å²) in [5, 5.41) is 4.38. The molecule has 0 saturated carbocycles. The first-order valence-corrected chi connectivity index (χ1v) is 5.02. The molecule has 2 aromatic rings. The van der Waals surface area contributed by atoms with E-state index in [0.29, 0.717) is 0 Å². The summed E-state index contributed by atoms with van der Waals surface area (Å²) < 4.78 is 7.50. The number of para-hydroxylation sites is 1. The molecule has 1 atom stereocenters. The average molecular weight is 204 g/mol. The lowest BCUT2D eigenvalue weighted by Gasteiger charge is -2.12. The van der Waals surface area contributed by atoms with Crippen molar-refractivity contribution in [2.45, 2.75) is 6.23 Å². The lowest BCUT2D eigenvalue weighted by atomic mass is 10.1.